The molecule has 5 heteroatoms. The van der Waals surface area contributed by atoms with E-state index in [0.29, 0.717) is 5.41 Å². The summed E-state index contributed by atoms with van der Waals surface area (Å²) in [6.07, 6.45) is 5.67. The van der Waals surface area contributed by atoms with E-state index in [1.54, 1.807) is 0 Å². The van der Waals surface area contributed by atoms with E-state index in [0.717, 1.165) is 25.9 Å². The fourth-order valence-electron chi connectivity index (χ4n) is 5.38. The number of nitrogens with one attached hydrogen (secondary N) is 2. The lowest BCUT2D eigenvalue weighted by molar-refractivity contribution is -0.129. The average Bonchev–Trinajstić information content (AvgIpc) is 2.73. The number of piperidine rings is 1. The topological polar surface area (TPSA) is 61.4 Å². The Labute approximate surface area is 194 Å². The fraction of sp³-hybridized carbons (Fsp3) is 0.704. The van der Waals surface area contributed by atoms with Crippen molar-refractivity contribution in [1.29, 1.82) is 0 Å². The molecular formula is C27H43N3O2. The molecule has 1 aliphatic carbocycles. The van der Waals surface area contributed by atoms with E-state index < -0.39 is 6.04 Å². The molecule has 0 saturated carbocycles. The van der Waals surface area contributed by atoms with Crippen molar-refractivity contribution in [1.82, 2.24) is 15.5 Å². The monoisotopic (exact) mass is 441 g/mol. The van der Waals surface area contributed by atoms with Crippen LogP contribution in [-0.4, -0.2) is 42.4 Å². The normalized spacial score (nSPS) is 21.8. The minimum Gasteiger partial charge on any atom is -0.347 e. The zero-order valence-corrected chi connectivity index (χ0v) is 21.0. The molecule has 3 rings (SSSR count). The van der Waals surface area contributed by atoms with Crippen LogP contribution in [0.25, 0.3) is 0 Å². The third kappa shape index (κ3) is 5.92. The molecule has 1 unspecified atom stereocenters. The number of carbonyl (C=O) groups excluding carboxylic acids is 2. The third-order valence-electron chi connectivity index (χ3n) is 7.43. The number of benzene rings is 1. The smallest absolute Gasteiger partial charge is 0.243 e. The van der Waals surface area contributed by atoms with Gasteiger partial charge in [-0.15, -0.1) is 0 Å². The van der Waals surface area contributed by atoms with Gasteiger partial charge in [-0.1, -0.05) is 58.9 Å². The lowest BCUT2D eigenvalue weighted by atomic mass is 9.63. The Morgan fingerprint density at radius 1 is 1.12 bits per heavy atom. The van der Waals surface area contributed by atoms with Crippen LogP contribution in [0.3, 0.4) is 0 Å². The van der Waals surface area contributed by atoms with Crippen molar-refractivity contribution in [3.63, 3.8) is 0 Å². The number of nitrogens with zero attached hydrogens (tertiary/aromatic N) is 1. The van der Waals surface area contributed by atoms with Crippen LogP contribution in [0.1, 0.15) is 90.8 Å². The predicted octanol–water partition coefficient (Wildman–Crippen LogP) is 4.57. The molecule has 32 heavy (non-hydrogen) atoms. The molecule has 1 fully saturated rings. The molecule has 178 valence electrons. The molecule has 1 spiro atoms. The van der Waals surface area contributed by atoms with Crippen molar-refractivity contribution < 1.29 is 9.59 Å². The molecule has 1 saturated heterocycles. The Balaban J connectivity index is 1.71. The molecule has 2 N–H and O–H groups in total. The van der Waals surface area contributed by atoms with Gasteiger partial charge in [-0.05, 0) is 79.6 Å². The van der Waals surface area contributed by atoms with E-state index >= 15 is 0 Å². The highest BCUT2D eigenvalue weighted by molar-refractivity contribution is 5.87. The lowest BCUT2D eigenvalue weighted by Crippen LogP contribution is -2.51. The van der Waals surface area contributed by atoms with E-state index in [-0.39, 0.29) is 29.2 Å². The van der Waals surface area contributed by atoms with Gasteiger partial charge in [0.1, 0.15) is 6.04 Å². The van der Waals surface area contributed by atoms with Gasteiger partial charge < -0.3 is 15.5 Å². The average molecular weight is 442 g/mol. The molecule has 2 amide bonds. The molecule has 0 bridgehead atoms. The highest BCUT2D eigenvalue weighted by Gasteiger charge is 2.42. The number of likely N-dealkylation sites (tertiary alicyclic amines) is 1. The highest BCUT2D eigenvalue weighted by Crippen LogP contribution is 2.48. The molecule has 1 heterocycles. The summed E-state index contributed by atoms with van der Waals surface area (Å²) in [5, 5.41) is 6.09. The number of hydrogen-bond donors (Lipinski definition) is 2. The van der Waals surface area contributed by atoms with Crippen molar-refractivity contribution in [3.05, 3.63) is 35.4 Å². The van der Waals surface area contributed by atoms with Crippen molar-refractivity contribution in [2.75, 3.05) is 19.6 Å². The first-order valence-corrected chi connectivity index (χ1v) is 12.4. The zero-order chi connectivity index (χ0) is 23.5. The van der Waals surface area contributed by atoms with Crippen molar-refractivity contribution >= 4 is 11.8 Å². The van der Waals surface area contributed by atoms with Crippen LogP contribution in [0.4, 0.5) is 0 Å². The van der Waals surface area contributed by atoms with Gasteiger partial charge in [-0.3, -0.25) is 9.59 Å². The van der Waals surface area contributed by atoms with Gasteiger partial charge in [0.2, 0.25) is 11.8 Å². The van der Waals surface area contributed by atoms with Crippen molar-refractivity contribution in [2.45, 2.75) is 91.1 Å². The summed E-state index contributed by atoms with van der Waals surface area (Å²) in [6, 6.07) is 8.22. The first kappa shape index (κ1) is 24.8. The Kier molecular flexibility index (Phi) is 7.69. The molecule has 0 radical (unpaired) electrons. The van der Waals surface area contributed by atoms with Crippen LogP contribution in [0.2, 0.25) is 0 Å². The van der Waals surface area contributed by atoms with Crippen molar-refractivity contribution in [3.8, 4) is 0 Å². The quantitative estimate of drug-likeness (QED) is 0.680. The van der Waals surface area contributed by atoms with E-state index in [1.165, 1.54) is 43.9 Å². The van der Waals surface area contributed by atoms with E-state index in [2.05, 4.69) is 60.6 Å². The maximum Gasteiger partial charge on any atom is 0.243 e. The van der Waals surface area contributed by atoms with Gasteiger partial charge in [-0.25, -0.2) is 0 Å². The largest absolute Gasteiger partial charge is 0.347 e. The van der Waals surface area contributed by atoms with Gasteiger partial charge in [0, 0.05) is 6.92 Å². The van der Waals surface area contributed by atoms with Crippen LogP contribution in [0, 0.1) is 11.3 Å². The minimum atomic E-state index is -0.499. The van der Waals surface area contributed by atoms with Crippen LogP contribution >= 0.6 is 0 Å². The second-order valence-corrected chi connectivity index (χ2v) is 11.5. The summed E-state index contributed by atoms with van der Waals surface area (Å²) in [5.41, 5.74) is 3.29. The first-order chi connectivity index (χ1) is 15.0. The summed E-state index contributed by atoms with van der Waals surface area (Å²) in [4.78, 5) is 27.3. The summed E-state index contributed by atoms with van der Waals surface area (Å²) in [5.74, 6) is -0.204. The molecular weight excluding hydrogens is 398 g/mol. The zero-order valence-electron chi connectivity index (χ0n) is 21.0. The van der Waals surface area contributed by atoms with E-state index in [9.17, 15) is 9.59 Å². The van der Waals surface area contributed by atoms with E-state index in [1.807, 2.05) is 13.8 Å². The maximum absolute atomic E-state index is 13.0. The molecule has 1 aliphatic heterocycles. The Hall–Kier alpha value is -1.88. The van der Waals surface area contributed by atoms with Gasteiger partial charge in [0.05, 0.1) is 6.04 Å². The lowest BCUT2D eigenvalue weighted by Gasteiger charge is -2.47. The highest BCUT2D eigenvalue weighted by atomic mass is 16.2. The fourth-order valence-corrected chi connectivity index (χ4v) is 5.38. The van der Waals surface area contributed by atoms with Crippen molar-refractivity contribution in [2.24, 2.45) is 11.3 Å². The number of rotatable bonds is 6. The standard InChI is InChI=1S/C27H43N3O2/c1-19(2)24(28-20(3)31)25(32)29-23-11-12-27(22-10-8-7-9-21(22)23)14-17-30(18-15-27)16-13-26(4,5)6/h7-10,19,23-24H,11-18H2,1-6H3,(H,28,31)(H,29,32)/t23-,24?/m1/s1. The Morgan fingerprint density at radius 2 is 1.78 bits per heavy atom. The second kappa shape index (κ2) is 9.94. The number of carbonyl (C=O) groups is 2. The molecule has 1 aromatic rings. The Bertz CT molecular complexity index is 803. The number of hydrogen-bond acceptors (Lipinski definition) is 3. The van der Waals surface area contributed by atoms with Gasteiger partial charge in [0.15, 0.2) is 0 Å². The predicted molar refractivity (Wildman–Crippen MR) is 130 cm³/mol. The minimum absolute atomic E-state index is 0.0123. The first-order valence-electron chi connectivity index (χ1n) is 12.4. The van der Waals surface area contributed by atoms with Gasteiger partial charge in [0.25, 0.3) is 0 Å². The molecule has 5 nitrogen and oxygen atoms in total. The summed E-state index contributed by atoms with van der Waals surface area (Å²) < 4.78 is 0. The maximum atomic E-state index is 13.0. The molecule has 2 aliphatic rings. The van der Waals surface area contributed by atoms with Crippen LogP contribution in [-0.2, 0) is 15.0 Å². The van der Waals surface area contributed by atoms with Gasteiger partial charge >= 0.3 is 0 Å². The molecule has 1 aromatic carbocycles. The van der Waals surface area contributed by atoms with Crippen LogP contribution in [0.15, 0.2) is 24.3 Å². The number of amides is 2. The van der Waals surface area contributed by atoms with Gasteiger partial charge in [-0.2, -0.15) is 0 Å². The number of fused-ring (bicyclic) bond motifs is 2. The van der Waals surface area contributed by atoms with E-state index in [4.69, 9.17) is 0 Å². The second-order valence-electron chi connectivity index (χ2n) is 11.5. The third-order valence-corrected chi connectivity index (χ3v) is 7.43. The summed E-state index contributed by atoms with van der Waals surface area (Å²) in [6.45, 7) is 15.9. The molecule has 2 atom stereocenters. The molecule has 0 aromatic heterocycles. The SMILES string of the molecule is CC(=O)NC(C(=O)N[C@@H]1CCC2(CCN(CCC(C)(C)C)CC2)c2ccccc21)C(C)C. The summed E-state index contributed by atoms with van der Waals surface area (Å²) in [7, 11) is 0. The summed E-state index contributed by atoms with van der Waals surface area (Å²) >= 11 is 0. The Morgan fingerprint density at radius 3 is 2.38 bits per heavy atom. The van der Waals surface area contributed by atoms with Crippen LogP contribution in [0.5, 0.6) is 0 Å². The van der Waals surface area contributed by atoms with Crippen LogP contribution < -0.4 is 10.6 Å².